The SMILES string of the molecule is CC(C)C12CC3CC(CC(C3)C1)C2.CC(C)C1C2CC3CC(C2)CC1C3.CC(C)C1C2CC3CC1CC(O)(C3)C2. The molecule has 12 fully saturated rings. The Balaban J connectivity index is 0.0000000993. The van der Waals surface area contributed by atoms with E-state index in [0.29, 0.717) is 0 Å². The minimum absolute atomic E-state index is 0.234. The Hall–Kier alpha value is -0.0400. The van der Waals surface area contributed by atoms with Crippen LogP contribution in [0, 0.1) is 94.2 Å². The quantitative estimate of drug-likeness (QED) is 0.370. The van der Waals surface area contributed by atoms with Gasteiger partial charge in [-0.1, -0.05) is 41.5 Å². The Bertz CT molecular complexity index is 817. The second-order valence-corrected chi connectivity index (χ2v) is 19.2. The largest absolute Gasteiger partial charge is 0.390 e. The highest BCUT2D eigenvalue weighted by molar-refractivity contribution is 5.06. The van der Waals surface area contributed by atoms with Gasteiger partial charge in [-0.25, -0.2) is 0 Å². The van der Waals surface area contributed by atoms with Crippen molar-refractivity contribution in [1.29, 1.82) is 0 Å². The van der Waals surface area contributed by atoms with E-state index in [1.54, 1.807) is 70.6 Å². The molecule has 12 bridgehead atoms. The van der Waals surface area contributed by atoms with Gasteiger partial charge in [0.15, 0.2) is 0 Å². The molecule has 2 unspecified atom stereocenters. The topological polar surface area (TPSA) is 20.2 Å². The molecule has 2 atom stereocenters. The third kappa shape index (κ3) is 5.19. The Morgan fingerprint density at radius 3 is 1.15 bits per heavy atom. The van der Waals surface area contributed by atoms with Crippen LogP contribution in [-0.2, 0) is 0 Å². The lowest BCUT2D eigenvalue weighted by molar-refractivity contribution is -0.160. The number of hydrogen-bond donors (Lipinski definition) is 1. The van der Waals surface area contributed by atoms with Crippen LogP contribution in [0.4, 0.5) is 0 Å². The Morgan fingerprint density at radius 2 is 0.775 bits per heavy atom. The van der Waals surface area contributed by atoms with Crippen molar-refractivity contribution in [1.82, 2.24) is 0 Å². The molecule has 1 heteroatoms. The first-order valence-corrected chi connectivity index (χ1v) is 18.7. The molecule has 12 aliphatic carbocycles. The first-order chi connectivity index (χ1) is 19.0. The van der Waals surface area contributed by atoms with E-state index in [0.717, 1.165) is 113 Å². The average molecular weight is 551 g/mol. The van der Waals surface area contributed by atoms with E-state index in [1.807, 2.05) is 0 Å². The van der Waals surface area contributed by atoms with Crippen LogP contribution < -0.4 is 0 Å². The Kier molecular flexibility index (Phi) is 7.57. The highest BCUT2D eigenvalue weighted by Crippen LogP contribution is 2.63. The van der Waals surface area contributed by atoms with E-state index in [9.17, 15) is 5.11 Å². The molecule has 0 radical (unpaired) electrons. The summed E-state index contributed by atoms with van der Waals surface area (Å²) in [5.74, 6) is 15.3. The fourth-order valence-corrected chi connectivity index (χ4v) is 15.0. The van der Waals surface area contributed by atoms with Gasteiger partial charge in [0.2, 0.25) is 0 Å². The second-order valence-electron chi connectivity index (χ2n) is 19.2. The summed E-state index contributed by atoms with van der Waals surface area (Å²) < 4.78 is 0. The van der Waals surface area contributed by atoms with Gasteiger partial charge in [-0.2, -0.15) is 0 Å². The fourth-order valence-electron chi connectivity index (χ4n) is 15.0. The summed E-state index contributed by atoms with van der Waals surface area (Å²) in [5, 5.41) is 10.4. The van der Waals surface area contributed by atoms with E-state index in [2.05, 4.69) is 41.5 Å². The van der Waals surface area contributed by atoms with Crippen LogP contribution >= 0.6 is 0 Å². The summed E-state index contributed by atoms with van der Waals surface area (Å²) >= 11 is 0. The summed E-state index contributed by atoms with van der Waals surface area (Å²) in [4.78, 5) is 0. The summed E-state index contributed by atoms with van der Waals surface area (Å²) in [5.41, 5.74) is 0.566. The fraction of sp³-hybridized carbons (Fsp3) is 1.00. The van der Waals surface area contributed by atoms with Crippen molar-refractivity contribution in [2.45, 2.75) is 150 Å². The van der Waals surface area contributed by atoms with Gasteiger partial charge in [-0.05, 0) is 197 Å². The molecule has 12 saturated carbocycles. The third-order valence-corrected chi connectivity index (χ3v) is 15.5. The van der Waals surface area contributed by atoms with Crippen LogP contribution in [0.2, 0.25) is 0 Å². The lowest BCUT2D eigenvalue weighted by Crippen LogP contribution is -2.55. The zero-order chi connectivity index (χ0) is 28.0. The van der Waals surface area contributed by atoms with E-state index < -0.39 is 0 Å². The smallest absolute Gasteiger partial charge is 0.0656 e. The van der Waals surface area contributed by atoms with Crippen LogP contribution in [0.15, 0.2) is 0 Å². The van der Waals surface area contributed by atoms with Crippen LogP contribution in [0.3, 0.4) is 0 Å². The molecule has 40 heavy (non-hydrogen) atoms. The normalized spacial score (nSPS) is 54.1. The molecule has 0 spiro atoms. The van der Waals surface area contributed by atoms with Crippen molar-refractivity contribution >= 4 is 0 Å². The van der Waals surface area contributed by atoms with Crippen molar-refractivity contribution in [2.75, 3.05) is 0 Å². The molecule has 0 saturated heterocycles. The molecular formula is C39H66O. The van der Waals surface area contributed by atoms with E-state index in [4.69, 9.17) is 0 Å². The van der Waals surface area contributed by atoms with Gasteiger partial charge < -0.3 is 5.11 Å². The molecule has 0 aliphatic heterocycles. The molecule has 12 rings (SSSR count). The average Bonchev–Trinajstić information content (AvgIpc) is 2.81. The minimum Gasteiger partial charge on any atom is -0.390 e. The predicted molar refractivity (Wildman–Crippen MR) is 168 cm³/mol. The summed E-state index contributed by atoms with van der Waals surface area (Å²) in [7, 11) is 0. The van der Waals surface area contributed by atoms with Gasteiger partial charge in [0.25, 0.3) is 0 Å². The van der Waals surface area contributed by atoms with Crippen LogP contribution in [0.5, 0.6) is 0 Å². The van der Waals surface area contributed by atoms with Crippen molar-refractivity contribution in [3.8, 4) is 0 Å². The van der Waals surface area contributed by atoms with Gasteiger partial charge in [0.1, 0.15) is 0 Å². The molecule has 0 aromatic carbocycles. The van der Waals surface area contributed by atoms with Crippen molar-refractivity contribution in [2.24, 2.45) is 94.2 Å². The minimum atomic E-state index is -0.234. The van der Waals surface area contributed by atoms with Crippen molar-refractivity contribution in [3.05, 3.63) is 0 Å². The molecule has 0 aromatic heterocycles. The van der Waals surface area contributed by atoms with Crippen molar-refractivity contribution in [3.63, 3.8) is 0 Å². The van der Waals surface area contributed by atoms with Gasteiger partial charge in [-0.15, -0.1) is 0 Å². The maximum atomic E-state index is 10.4. The zero-order valence-electron chi connectivity index (χ0n) is 27.4. The standard InChI is InChI=1S/C13H22O.2C13H22/c1-8(2)12-10-3-9-4-11(12)7-13(14,5-9)6-10;1-9(2)13-6-10-3-11(7-13)5-12(4-10)8-13;1-8(2)13-11-4-9-3-10(6-11)7-12(13)5-9/h8-12,14H,3-7H2,1-2H3;9-12H,3-8H2,1-2H3;8-13H,3-7H2,1-2H3. The van der Waals surface area contributed by atoms with Crippen molar-refractivity contribution < 1.29 is 5.11 Å². The number of hydrogen-bond acceptors (Lipinski definition) is 1. The molecule has 228 valence electrons. The second kappa shape index (κ2) is 10.5. The Morgan fingerprint density at radius 1 is 0.425 bits per heavy atom. The van der Waals surface area contributed by atoms with Gasteiger partial charge in [0.05, 0.1) is 5.60 Å². The first-order valence-electron chi connectivity index (χ1n) is 18.7. The summed E-state index contributed by atoms with van der Waals surface area (Å²) in [6.45, 7) is 14.6. The first kappa shape index (κ1) is 28.7. The summed E-state index contributed by atoms with van der Waals surface area (Å²) in [6, 6.07) is 0. The van der Waals surface area contributed by atoms with Gasteiger partial charge in [0, 0.05) is 0 Å². The highest BCUT2D eigenvalue weighted by Gasteiger charge is 2.55. The van der Waals surface area contributed by atoms with E-state index in [-0.39, 0.29) is 5.60 Å². The molecule has 0 aromatic rings. The maximum absolute atomic E-state index is 10.4. The van der Waals surface area contributed by atoms with Gasteiger partial charge >= 0.3 is 0 Å². The Labute approximate surface area is 248 Å². The molecule has 0 amide bonds. The molecule has 0 heterocycles. The third-order valence-electron chi connectivity index (χ3n) is 15.5. The van der Waals surface area contributed by atoms with Crippen LogP contribution in [0.1, 0.15) is 144 Å². The highest BCUT2D eigenvalue weighted by atomic mass is 16.3. The lowest BCUT2D eigenvalue weighted by Gasteiger charge is -2.59. The summed E-state index contributed by atoms with van der Waals surface area (Å²) in [6.07, 6.45) is 23.7. The van der Waals surface area contributed by atoms with E-state index in [1.165, 1.54) is 12.8 Å². The van der Waals surface area contributed by atoms with Crippen LogP contribution in [-0.4, -0.2) is 10.7 Å². The maximum Gasteiger partial charge on any atom is 0.0656 e. The van der Waals surface area contributed by atoms with E-state index >= 15 is 0 Å². The predicted octanol–water partition coefficient (Wildman–Crippen LogP) is 10.4. The van der Waals surface area contributed by atoms with Crippen LogP contribution in [0.25, 0.3) is 0 Å². The zero-order valence-corrected chi connectivity index (χ0v) is 27.4. The lowest BCUT2D eigenvalue weighted by atomic mass is 9.47. The monoisotopic (exact) mass is 551 g/mol. The van der Waals surface area contributed by atoms with Gasteiger partial charge in [-0.3, -0.25) is 0 Å². The number of aliphatic hydroxyl groups is 1. The molecule has 12 aliphatic rings. The number of rotatable bonds is 3. The molecule has 1 nitrogen and oxygen atoms in total. The molecule has 1 N–H and O–H groups in total. The molecular weight excluding hydrogens is 484 g/mol.